The molecule has 2 unspecified atom stereocenters. The molecular weight excluding hydrogens is 567 g/mol. The Balaban J connectivity index is 0.000000397. The highest BCUT2D eigenvalue weighted by Gasteiger charge is 2.39. The molecule has 2 rings (SSSR count). The van der Waals surface area contributed by atoms with Crippen molar-refractivity contribution in [1.82, 2.24) is 4.98 Å². The molecular formula is C15H11F9N4O6S2. The van der Waals surface area contributed by atoms with E-state index in [9.17, 15) is 58.3 Å². The standard InChI is InChI=1S/C9H6F6N2O4S.C6H5F3N2O2S/c1-4-2-5(9(12,13)14)7(6(3-4)17(18)19)16-22(20,21-15)8(10)11;7-6(8)14(12,13-9)11-5-1-3-10-4-2-5/h2-3,8H,1H3;1-4,6H. The number of aryl methyl sites for hydroxylation is 1. The molecule has 202 valence electrons. The van der Waals surface area contributed by atoms with Gasteiger partial charge in [-0.25, -0.2) is 8.42 Å². The summed E-state index contributed by atoms with van der Waals surface area (Å²) in [5, 5.41) is 10.8. The van der Waals surface area contributed by atoms with Crippen molar-refractivity contribution >= 4 is 37.1 Å². The fourth-order valence-corrected chi connectivity index (χ4v) is 3.24. The molecule has 2 atom stereocenters. The van der Waals surface area contributed by atoms with E-state index in [2.05, 4.69) is 22.5 Å². The van der Waals surface area contributed by atoms with Crippen LogP contribution in [0.3, 0.4) is 0 Å². The van der Waals surface area contributed by atoms with Gasteiger partial charge in [0.05, 0.1) is 16.2 Å². The number of rotatable bonds is 7. The Morgan fingerprint density at radius 2 is 1.44 bits per heavy atom. The maximum Gasteiger partial charge on any atom is 0.418 e. The van der Waals surface area contributed by atoms with E-state index in [1.54, 1.807) is 0 Å². The highest BCUT2D eigenvalue weighted by molar-refractivity contribution is 7.89. The molecule has 0 spiro atoms. The monoisotopic (exact) mass is 578 g/mol. The van der Waals surface area contributed by atoms with Gasteiger partial charge in [0.2, 0.25) is 0 Å². The molecule has 10 nitrogen and oxygen atoms in total. The van der Waals surface area contributed by atoms with Gasteiger partial charge >= 0.3 is 17.7 Å². The van der Waals surface area contributed by atoms with Crippen LogP contribution in [-0.4, -0.2) is 29.8 Å². The first-order chi connectivity index (χ1) is 16.5. The van der Waals surface area contributed by atoms with Gasteiger partial charge in [0.1, 0.15) is 0 Å². The maximum atomic E-state index is 12.9. The van der Waals surface area contributed by atoms with Crippen LogP contribution in [0.2, 0.25) is 0 Å². The summed E-state index contributed by atoms with van der Waals surface area (Å²) in [7, 11) is -10.1. The lowest BCUT2D eigenvalue weighted by Crippen LogP contribution is -2.13. The van der Waals surface area contributed by atoms with Crippen LogP contribution in [0.1, 0.15) is 11.1 Å². The Kier molecular flexibility index (Phi) is 10.6. The number of hydrogen-bond acceptors (Lipinski definition) is 9. The van der Waals surface area contributed by atoms with Gasteiger partial charge in [-0.1, -0.05) is 8.78 Å². The van der Waals surface area contributed by atoms with Crippen LogP contribution in [0.15, 0.2) is 45.4 Å². The van der Waals surface area contributed by atoms with Crippen LogP contribution in [0, 0.1) is 17.0 Å². The Bertz CT molecular complexity index is 1310. The van der Waals surface area contributed by atoms with E-state index in [4.69, 9.17) is 0 Å². The molecule has 0 radical (unpaired) electrons. The minimum Gasteiger partial charge on any atom is -0.265 e. The van der Waals surface area contributed by atoms with E-state index in [1.165, 1.54) is 24.5 Å². The van der Waals surface area contributed by atoms with E-state index < -0.39 is 59.6 Å². The first-order valence-electron chi connectivity index (χ1n) is 8.45. The zero-order valence-electron chi connectivity index (χ0n) is 17.1. The minimum atomic E-state index is -5.53. The lowest BCUT2D eigenvalue weighted by Gasteiger charge is -2.12. The number of hydrogen-bond donors (Lipinski definition) is 0. The van der Waals surface area contributed by atoms with Gasteiger partial charge in [-0.3, -0.25) is 15.1 Å². The van der Waals surface area contributed by atoms with Crippen molar-refractivity contribution in [3.63, 3.8) is 0 Å². The molecule has 1 heterocycles. The van der Waals surface area contributed by atoms with Crippen molar-refractivity contribution < 1.29 is 61.9 Å². The predicted molar refractivity (Wildman–Crippen MR) is 104 cm³/mol. The van der Waals surface area contributed by atoms with Gasteiger partial charge in [-0.05, 0) is 39.7 Å². The third kappa shape index (κ3) is 7.99. The molecule has 21 heteroatoms. The van der Waals surface area contributed by atoms with Crippen molar-refractivity contribution in [3.8, 4) is 0 Å². The Morgan fingerprint density at radius 1 is 0.972 bits per heavy atom. The Labute approximate surface area is 195 Å². The first-order valence-corrected chi connectivity index (χ1v) is 11.5. The molecule has 1 aromatic carbocycles. The largest absolute Gasteiger partial charge is 0.418 e. The molecule has 0 amide bonds. The van der Waals surface area contributed by atoms with E-state index in [-0.39, 0.29) is 11.3 Å². The van der Waals surface area contributed by atoms with Gasteiger partial charge < -0.3 is 0 Å². The van der Waals surface area contributed by atoms with Crippen LogP contribution in [0.4, 0.5) is 56.8 Å². The maximum absolute atomic E-state index is 12.9. The van der Waals surface area contributed by atoms with Crippen LogP contribution in [0.25, 0.3) is 0 Å². The second kappa shape index (κ2) is 12.3. The normalized spacial score (nSPS) is 14.9. The summed E-state index contributed by atoms with van der Waals surface area (Å²) < 4.78 is 144. The summed E-state index contributed by atoms with van der Waals surface area (Å²) in [5.74, 6) is -7.64. The van der Waals surface area contributed by atoms with Crippen molar-refractivity contribution in [2.75, 3.05) is 0 Å². The fourth-order valence-electron chi connectivity index (χ4n) is 2.05. The Morgan fingerprint density at radius 3 is 1.83 bits per heavy atom. The second-order valence-corrected chi connectivity index (χ2v) is 9.39. The molecule has 0 aliphatic rings. The van der Waals surface area contributed by atoms with Crippen molar-refractivity contribution in [3.05, 3.63) is 57.9 Å². The summed E-state index contributed by atoms with van der Waals surface area (Å²) in [6.07, 6.45) is -2.76. The smallest absolute Gasteiger partial charge is 0.265 e. The summed E-state index contributed by atoms with van der Waals surface area (Å²) in [6.45, 7) is 1.07. The van der Waals surface area contributed by atoms with Crippen LogP contribution < -0.4 is 0 Å². The molecule has 0 aliphatic heterocycles. The molecule has 0 bridgehead atoms. The SMILES string of the molecule is Cc1cc([N+](=O)[O-])c(N=S(=O)(OF)C(F)F)c(C(F)(F)F)c1.O=S(=Nc1ccncc1)(OF)C(F)F. The van der Waals surface area contributed by atoms with Gasteiger partial charge in [0.15, 0.2) is 5.69 Å². The zero-order chi connectivity index (χ0) is 27.9. The van der Waals surface area contributed by atoms with Crippen LogP contribution in [-0.2, 0) is 35.0 Å². The topological polar surface area (TPSA) is 133 Å². The quantitative estimate of drug-likeness (QED) is 0.215. The molecule has 0 N–H and O–H groups in total. The zero-order valence-corrected chi connectivity index (χ0v) is 18.7. The first kappa shape index (κ1) is 31.0. The van der Waals surface area contributed by atoms with Gasteiger partial charge in [0, 0.05) is 18.5 Å². The van der Waals surface area contributed by atoms with E-state index >= 15 is 0 Å². The molecule has 0 fully saturated rings. The lowest BCUT2D eigenvalue weighted by molar-refractivity contribution is -0.384. The number of pyridine rings is 1. The highest BCUT2D eigenvalue weighted by Crippen LogP contribution is 2.43. The minimum absolute atomic E-state index is 0.0945. The molecule has 36 heavy (non-hydrogen) atoms. The predicted octanol–water partition coefficient (Wildman–Crippen LogP) is 6.28. The number of nitro benzene ring substituents is 1. The average Bonchev–Trinajstić information content (AvgIpc) is 2.79. The fraction of sp³-hybridized carbons (Fsp3) is 0.267. The third-order valence-corrected chi connectivity index (χ3v) is 5.65. The van der Waals surface area contributed by atoms with E-state index in [1.807, 2.05) is 0 Å². The van der Waals surface area contributed by atoms with E-state index in [0.717, 1.165) is 6.92 Å². The number of benzene rings is 1. The van der Waals surface area contributed by atoms with Crippen molar-refractivity contribution in [2.45, 2.75) is 24.6 Å². The second-order valence-electron chi connectivity index (χ2n) is 6.00. The molecule has 0 saturated heterocycles. The lowest BCUT2D eigenvalue weighted by atomic mass is 10.1. The summed E-state index contributed by atoms with van der Waals surface area (Å²) in [6, 6.07) is 3.33. The summed E-state index contributed by atoms with van der Waals surface area (Å²) >= 11 is 0. The number of aromatic nitrogens is 1. The molecule has 2 aromatic rings. The third-order valence-electron chi connectivity index (χ3n) is 3.48. The number of nitro groups is 1. The number of alkyl halides is 7. The van der Waals surface area contributed by atoms with Crippen molar-refractivity contribution in [1.29, 1.82) is 0 Å². The van der Waals surface area contributed by atoms with Crippen molar-refractivity contribution in [2.24, 2.45) is 8.73 Å². The number of nitrogens with zero attached hydrogens (tertiary/aromatic N) is 4. The molecule has 1 aromatic heterocycles. The highest BCUT2D eigenvalue weighted by atomic mass is 32.2. The average molecular weight is 578 g/mol. The summed E-state index contributed by atoms with van der Waals surface area (Å²) in [5.41, 5.74) is -5.21. The Hall–Kier alpha value is -3.04. The molecule has 0 saturated carbocycles. The molecule has 0 aliphatic carbocycles. The summed E-state index contributed by atoms with van der Waals surface area (Å²) in [4.78, 5) is 13.0. The van der Waals surface area contributed by atoms with Gasteiger partial charge in [-0.2, -0.15) is 39.5 Å². The van der Waals surface area contributed by atoms with Gasteiger partial charge in [0.25, 0.3) is 25.7 Å². The number of halogens is 9. The van der Waals surface area contributed by atoms with Crippen LogP contribution >= 0.6 is 0 Å². The van der Waals surface area contributed by atoms with E-state index in [0.29, 0.717) is 12.1 Å². The van der Waals surface area contributed by atoms with Gasteiger partial charge in [-0.15, -0.1) is 0 Å². The van der Waals surface area contributed by atoms with Crippen LogP contribution in [0.5, 0.6) is 0 Å².